The average molecular weight is 468 g/mol. The van der Waals surface area contributed by atoms with E-state index in [9.17, 15) is 4.79 Å². The molecule has 2 aliphatic rings. The molecule has 142 valence electrons. The number of fused-ring (bicyclic) bond motifs is 1. The van der Waals surface area contributed by atoms with Gasteiger partial charge in [-0.05, 0) is 61.7 Å². The van der Waals surface area contributed by atoms with Crippen LogP contribution in [-0.4, -0.2) is 30.4 Å². The van der Waals surface area contributed by atoms with Crippen LogP contribution < -0.4 is 4.90 Å². The summed E-state index contributed by atoms with van der Waals surface area (Å²) in [4.78, 5) is 17.5. The van der Waals surface area contributed by atoms with Crippen LogP contribution in [0.1, 0.15) is 24.0 Å². The van der Waals surface area contributed by atoms with Gasteiger partial charge in [-0.15, -0.1) is 0 Å². The van der Waals surface area contributed by atoms with Crippen molar-refractivity contribution in [2.45, 2.75) is 25.8 Å². The molecule has 0 N–H and O–H groups in total. The smallest absolute Gasteiger partial charge is 0.231 e. The Morgan fingerprint density at radius 1 is 1.15 bits per heavy atom. The van der Waals surface area contributed by atoms with Gasteiger partial charge in [0, 0.05) is 45.4 Å². The Bertz CT molecular complexity index is 853. The number of likely N-dealkylation sites (tertiary alicyclic amines) is 1. The number of piperidine rings is 1. The Kier molecular flexibility index (Phi) is 5.79. The Hall–Kier alpha value is -1.07. The van der Waals surface area contributed by atoms with E-state index in [1.165, 1.54) is 5.56 Å². The molecule has 2 heterocycles. The van der Waals surface area contributed by atoms with Crippen LogP contribution in [0.15, 0.2) is 40.9 Å². The fourth-order valence-electron chi connectivity index (χ4n) is 4.13. The van der Waals surface area contributed by atoms with E-state index in [4.69, 9.17) is 23.2 Å². The zero-order valence-electron chi connectivity index (χ0n) is 14.9. The van der Waals surface area contributed by atoms with Crippen molar-refractivity contribution in [1.82, 2.24) is 4.90 Å². The van der Waals surface area contributed by atoms with Crippen LogP contribution in [0.4, 0.5) is 5.69 Å². The highest BCUT2D eigenvalue weighted by atomic mass is 79.9. The van der Waals surface area contributed by atoms with Crippen LogP contribution in [0.3, 0.4) is 0 Å². The van der Waals surface area contributed by atoms with Crippen molar-refractivity contribution in [3.63, 3.8) is 0 Å². The lowest BCUT2D eigenvalue weighted by Gasteiger charge is -2.34. The number of rotatable bonds is 3. The molecular weight excluding hydrogens is 447 g/mol. The first-order chi connectivity index (χ1) is 13.0. The van der Waals surface area contributed by atoms with Crippen molar-refractivity contribution >= 4 is 50.7 Å². The second-order valence-corrected chi connectivity index (χ2v) is 9.02. The molecule has 0 spiro atoms. The number of hydrogen-bond acceptors (Lipinski definition) is 2. The summed E-state index contributed by atoms with van der Waals surface area (Å²) in [6.45, 7) is 3.18. The van der Waals surface area contributed by atoms with Crippen molar-refractivity contribution in [3.05, 3.63) is 62.0 Å². The summed E-state index contributed by atoms with van der Waals surface area (Å²) in [6.07, 6.45) is 2.87. The molecule has 0 aliphatic carbocycles. The molecule has 2 aromatic carbocycles. The van der Waals surface area contributed by atoms with Gasteiger partial charge in [0.25, 0.3) is 0 Å². The van der Waals surface area contributed by atoms with Gasteiger partial charge in [-0.2, -0.15) is 0 Å². The van der Waals surface area contributed by atoms with Crippen LogP contribution in [0.25, 0.3) is 0 Å². The molecule has 0 bridgehead atoms. The van der Waals surface area contributed by atoms with Gasteiger partial charge in [0.15, 0.2) is 0 Å². The van der Waals surface area contributed by atoms with E-state index >= 15 is 0 Å². The molecule has 6 heteroatoms. The highest BCUT2D eigenvalue weighted by Crippen LogP contribution is 2.33. The normalized spacial score (nSPS) is 20.0. The van der Waals surface area contributed by atoms with Crippen LogP contribution in [-0.2, 0) is 17.8 Å². The van der Waals surface area contributed by atoms with E-state index in [0.717, 1.165) is 54.6 Å². The van der Waals surface area contributed by atoms with Crippen molar-refractivity contribution in [3.8, 4) is 0 Å². The Morgan fingerprint density at radius 2 is 1.93 bits per heavy atom. The lowest BCUT2D eigenvalue weighted by Crippen LogP contribution is -2.44. The first-order valence-corrected chi connectivity index (χ1v) is 10.8. The predicted octanol–water partition coefficient (Wildman–Crippen LogP) is 5.56. The van der Waals surface area contributed by atoms with Crippen LogP contribution in [0.5, 0.6) is 0 Å². The summed E-state index contributed by atoms with van der Waals surface area (Å²) >= 11 is 16.2. The molecule has 0 radical (unpaired) electrons. The Labute approximate surface area is 178 Å². The molecule has 4 rings (SSSR count). The van der Waals surface area contributed by atoms with Gasteiger partial charge >= 0.3 is 0 Å². The van der Waals surface area contributed by atoms with Gasteiger partial charge in [0.2, 0.25) is 5.91 Å². The minimum absolute atomic E-state index is 0.0228. The van der Waals surface area contributed by atoms with Crippen molar-refractivity contribution in [2.75, 3.05) is 24.5 Å². The molecule has 1 fully saturated rings. The number of carbonyl (C=O) groups excluding carboxylic acids is 1. The quantitative estimate of drug-likeness (QED) is 0.590. The number of halogens is 3. The lowest BCUT2D eigenvalue weighted by molar-refractivity contribution is -0.124. The topological polar surface area (TPSA) is 23.6 Å². The lowest BCUT2D eigenvalue weighted by atomic mass is 9.96. The molecule has 0 unspecified atom stereocenters. The number of hydrogen-bond donors (Lipinski definition) is 0. The van der Waals surface area contributed by atoms with E-state index in [1.54, 1.807) is 0 Å². The highest BCUT2D eigenvalue weighted by molar-refractivity contribution is 9.10. The first kappa shape index (κ1) is 19.3. The minimum atomic E-state index is 0.0228. The van der Waals surface area contributed by atoms with Crippen LogP contribution in [0, 0.1) is 5.92 Å². The van der Waals surface area contributed by atoms with Gasteiger partial charge in [0.05, 0.1) is 5.92 Å². The molecule has 0 aromatic heterocycles. The molecule has 27 heavy (non-hydrogen) atoms. The van der Waals surface area contributed by atoms with E-state index in [0.29, 0.717) is 16.6 Å². The van der Waals surface area contributed by atoms with E-state index in [1.807, 2.05) is 29.2 Å². The monoisotopic (exact) mass is 466 g/mol. The summed E-state index contributed by atoms with van der Waals surface area (Å²) in [5.41, 5.74) is 3.26. The number of benzene rings is 2. The number of amides is 1. The third-order valence-electron chi connectivity index (χ3n) is 5.50. The van der Waals surface area contributed by atoms with Gasteiger partial charge in [-0.1, -0.05) is 45.2 Å². The van der Waals surface area contributed by atoms with Crippen molar-refractivity contribution < 1.29 is 4.79 Å². The van der Waals surface area contributed by atoms with Gasteiger partial charge in [-0.3, -0.25) is 9.69 Å². The third kappa shape index (κ3) is 4.04. The number of nitrogens with zero attached hydrogens (tertiary/aromatic N) is 2. The maximum absolute atomic E-state index is 13.2. The van der Waals surface area contributed by atoms with Crippen LogP contribution in [0.2, 0.25) is 10.0 Å². The van der Waals surface area contributed by atoms with Crippen LogP contribution >= 0.6 is 39.1 Å². The summed E-state index contributed by atoms with van der Waals surface area (Å²) in [5, 5.41) is 1.38. The predicted molar refractivity (Wildman–Crippen MR) is 115 cm³/mol. The molecule has 1 saturated heterocycles. The first-order valence-electron chi connectivity index (χ1n) is 9.28. The largest absolute Gasteiger partial charge is 0.312 e. The molecule has 1 amide bonds. The summed E-state index contributed by atoms with van der Waals surface area (Å²) < 4.78 is 1.07. The van der Waals surface area contributed by atoms with E-state index < -0.39 is 0 Å². The molecule has 2 aromatic rings. The Morgan fingerprint density at radius 3 is 2.70 bits per heavy atom. The van der Waals surface area contributed by atoms with Crippen molar-refractivity contribution in [2.24, 2.45) is 5.92 Å². The molecule has 2 aliphatic heterocycles. The fourth-order valence-corrected chi connectivity index (χ4v) is 5.05. The van der Waals surface area contributed by atoms with Gasteiger partial charge in [-0.25, -0.2) is 0 Å². The van der Waals surface area contributed by atoms with Gasteiger partial charge in [0.1, 0.15) is 0 Å². The SMILES string of the molecule is O=C([C@@H]1CCCN(Cc2c(Cl)cccc2Cl)C1)N1CCc2cc(Br)ccc21. The summed E-state index contributed by atoms with van der Waals surface area (Å²) in [7, 11) is 0. The third-order valence-corrected chi connectivity index (χ3v) is 6.70. The molecule has 3 nitrogen and oxygen atoms in total. The molecular formula is C21H21BrCl2N2O. The van der Waals surface area contributed by atoms with E-state index in [2.05, 4.69) is 33.0 Å². The maximum atomic E-state index is 13.2. The minimum Gasteiger partial charge on any atom is -0.312 e. The fraction of sp³-hybridized carbons (Fsp3) is 0.381. The second-order valence-electron chi connectivity index (χ2n) is 7.29. The molecule has 1 atom stereocenters. The highest BCUT2D eigenvalue weighted by Gasteiger charge is 2.33. The molecule has 0 saturated carbocycles. The maximum Gasteiger partial charge on any atom is 0.231 e. The van der Waals surface area contributed by atoms with Gasteiger partial charge < -0.3 is 4.90 Å². The standard InChI is InChI=1S/C21H21BrCl2N2O/c22-16-6-7-20-14(11-16)8-10-26(20)21(27)15-3-2-9-25(12-15)13-17-18(23)4-1-5-19(17)24/h1,4-7,11,15H,2-3,8-10,12-13H2/t15-/m1/s1. The van der Waals surface area contributed by atoms with Crippen molar-refractivity contribution in [1.29, 1.82) is 0 Å². The average Bonchev–Trinajstić information content (AvgIpc) is 3.07. The Balaban J connectivity index is 1.47. The number of carbonyl (C=O) groups is 1. The summed E-state index contributed by atoms with van der Waals surface area (Å²) in [5.74, 6) is 0.264. The zero-order valence-corrected chi connectivity index (χ0v) is 18.0. The zero-order chi connectivity index (χ0) is 19.0. The second kappa shape index (κ2) is 8.12. The number of anilines is 1. The summed E-state index contributed by atoms with van der Waals surface area (Å²) in [6, 6.07) is 11.8. The van der Waals surface area contributed by atoms with E-state index in [-0.39, 0.29) is 11.8 Å².